The van der Waals surface area contributed by atoms with Crippen molar-refractivity contribution >= 4 is 5.91 Å². The molecule has 4 N–H and O–H groups in total. The van der Waals surface area contributed by atoms with E-state index in [1.54, 1.807) is 0 Å². The smallest absolute Gasteiger partial charge is 0.234 e. The van der Waals surface area contributed by atoms with Gasteiger partial charge in [0, 0.05) is 25.7 Å². The highest BCUT2D eigenvalue weighted by molar-refractivity contribution is 5.78. The monoisotopic (exact) mass is 229 g/mol. The fourth-order valence-electron chi connectivity index (χ4n) is 2.24. The average Bonchev–Trinajstić information content (AvgIpc) is 2.79. The zero-order valence-electron chi connectivity index (χ0n) is 9.82. The van der Waals surface area contributed by atoms with E-state index in [0.29, 0.717) is 32.2 Å². The summed E-state index contributed by atoms with van der Waals surface area (Å²) in [6, 6.07) is 0.468. The summed E-state index contributed by atoms with van der Waals surface area (Å²) < 4.78 is 0. The van der Waals surface area contributed by atoms with Gasteiger partial charge in [-0.05, 0) is 12.8 Å². The largest absolute Gasteiger partial charge is 0.395 e. The molecule has 0 spiro atoms. The normalized spacial score (nSPS) is 16.9. The maximum atomic E-state index is 11.6. The van der Waals surface area contributed by atoms with Gasteiger partial charge in [0.05, 0.1) is 13.2 Å². The van der Waals surface area contributed by atoms with E-state index in [4.69, 9.17) is 10.8 Å². The number of aliphatic hydroxyl groups is 1. The lowest BCUT2D eigenvalue weighted by Gasteiger charge is -2.27. The van der Waals surface area contributed by atoms with Crippen LogP contribution in [0.1, 0.15) is 25.7 Å². The van der Waals surface area contributed by atoms with Crippen LogP contribution in [0.3, 0.4) is 0 Å². The molecule has 0 aromatic heterocycles. The highest BCUT2D eigenvalue weighted by Crippen LogP contribution is 2.22. The Hall–Kier alpha value is -0.650. The lowest BCUT2D eigenvalue weighted by atomic mass is 10.2. The van der Waals surface area contributed by atoms with Crippen molar-refractivity contribution in [2.75, 3.05) is 32.8 Å². The lowest BCUT2D eigenvalue weighted by Crippen LogP contribution is -2.44. The van der Waals surface area contributed by atoms with Gasteiger partial charge in [-0.2, -0.15) is 0 Å². The molecule has 1 aliphatic carbocycles. The van der Waals surface area contributed by atoms with Crippen molar-refractivity contribution in [1.82, 2.24) is 10.2 Å². The quantitative estimate of drug-likeness (QED) is 0.539. The molecule has 0 radical (unpaired) electrons. The number of nitrogens with two attached hydrogens (primary N) is 1. The van der Waals surface area contributed by atoms with Gasteiger partial charge in [-0.1, -0.05) is 12.8 Å². The molecular weight excluding hydrogens is 206 g/mol. The predicted octanol–water partition coefficient (Wildman–Crippen LogP) is -0.702. The van der Waals surface area contributed by atoms with Gasteiger partial charge in [0.2, 0.25) is 5.91 Å². The Labute approximate surface area is 97.0 Å². The molecule has 1 amide bonds. The standard InChI is InChI=1S/C11H23N3O2/c12-5-6-13-11(16)9-14(7-8-15)10-3-1-2-4-10/h10,15H,1-9,12H2,(H,13,16). The summed E-state index contributed by atoms with van der Waals surface area (Å²) in [6.07, 6.45) is 4.75. The predicted molar refractivity (Wildman–Crippen MR) is 63.0 cm³/mol. The second-order valence-corrected chi connectivity index (χ2v) is 4.27. The fourth-order valence-corrected chi connectivity index (χ4v) is 2.24. The van der Waals surface area contributed by atoms with Crippen molar-refractivity contribution in [3.63, 3.8) is 0 Å². The van der Waals surface area contributed by atoms with Gasteiger partial charge in [-0.15, -0.1) is 0 Å². The molecule has 16 heavy (non-hydrogen) atoms. The first-order chi connectivity index (χ1) is 7.77. The number of nitrogens with zero attached hydrogens (tertiary/aromatic N) is 1. The minimum atomic E-state index is 0.00537. The second-order valence-electron chi connectivity index (χ2n) is 4.27. The minimum Gasteiger partial charge on any atom is -0.395 e. The number of rotatable bonds is 7. The maximum Gasteiger partial charge on any atom is 0.234 e. The van der Waals surface area contributed by atoms with E-state index in [2.05, 4.69) is 10.2 Å². The zero-order valence-corrected chi connectivity index (χ0v) is 9.82. The van der Waals surface area contributed by atoms with Gasteiger partial charge in [0.25, 0.3) is 0 Å². The Morgan fingerprint density at radius 1 is 1.44 bits per heavy atom. The number of aliphatic hydroxyl groups excluding tert-OH is 1. The van der Waals surface area contributed by atoms with E-state index in [1.807, 2.05) is 0 Å². The molecule has 1 rings (SSSR count). The fraction of sp³-hybridized carbons (Fsp3) is 0.909. The van der Waals surface area contributed by atoms with Gasteiger partial charge < -0.3 is 16.2 Å². The first kappa shape index (κ1) is 13.4. The molecule has 94 valence electrons. The number of hydrogen-bond acceptors (Lipinski definition) is 4. The lowest BCUT2D eigenvalue weighted by molar-refractivity contribution is -0.122. The average molecular weight is 229 g/mol. The Bertz CT molecular complexity index is 205. The van der Waals surface area contributed by atoms with Crippen LogP contribution in [0, 0.1) is 0 Å². The second kappa shape index (κ2) is 7.60. The Kier molecular flexibility index (Phi) is 6.37. The molecule has 5 heteroatoms. The molecule has 0 unspecified atom stereocenters. The summed E-state index contributed by atoms with van der Waals surface area (Å²) in [7, 11) is 0. The molecule has 0 heterocycles. The van der Waals surface area contributed by atoms with E-state index in [-0.39, 0.29) is 12.5 Å². The Morgan fingerprint density at radius 2 is 2.12 bits per heavy atom. The van der Waals surface area contributed by atoms with Crippen LogP contribution >= 0.6 is 0 Å². The van der Waals surface area contributed by atoms with E-state index in [9.17, 15) is 4.79 Å². The van der Waals surface area contributed by atoms with Gasteiger partial charge in [-0.3, -0.25) is 9.69 Å². The number of carbonyl (C=O) groups is 1. The highest BCUT2D eigenvalue weighted by atomic mass is 16.3. The van der Waals surface area contributed by atoms with Crippen molar-refractivity contribution in [3.05, 3.63) is 0 Å². The van der Waals surface area contributed by atoms with Crippen LogP contribution in [0.4, 0.5) is 0 Å². The van der Waals surface area contributed by atoms with Gasteiger partial charge in [0.15, 0.2) is 0 Å². The zero-order chi connectivity index (χ0) is 11.8. The van der Waals surface area contributed by atoms with Crippen LogP contribution in [-0.2, 0) is 4.79 Å². The maximum absolute atomic E-state index is 11.6. The van der Waals surface area contributed by atoms with Crippen LogP contribution in [0.25, 0.3) is 0 Å². The van der Waals surface area contributed by atoms with Crippen LogP contribution in [0.5, 0.6) is 0 Å². The van der Waals surface area contributed by atoms with Crippen LogP contribution in [0.2, 0.25) is 0 Å². The highest BCUT2D eigenvalue weighted by Gasteiger charge is 2.23. The summed E-state index contributed by atoms with van der Waals surface area (Å²) in [6.45, 7) is 2.07. The molecule has 0 atom stereocenters. The van der Waals surface area contributed by atoms with Crippen molar-refractivity contribution in [1.29, 1.82) is 0 Å². The van der Waals surface area contributed by atoms with Crippen LogP contribution < -0.4 is 11.1 Å². The van der Waals surface area contributed by atoms with Crippen LogP contribution in [0.15, 0.2) is 0 Å². The molecule has 1 aliphatic rings. The van der Waals surface area contributed by atoms with Crippen molar-refractivity contribution in [2.45, 2.75) is 31.7 Å². The van der Waals surface area contributed by atoms with Gasteiger partial charge in [0.1, 0.15) is 0 Å². The number of nitrogens with one attached hydrogen (secondary N) is 1. The third kappa shape index (κ3) is 4.47. The van der Waals surface area contributed by atoms with Gasteiger partial charge >= 0.3 is 0 Å². The number of hydrogen-bond donors (Lipinski definition) is 3. The van der Waals surface area contributed by atoms with E-state index < -0.39 is 0 Å². The molecule has 1 saturated carbocycles. The van der Waals surface area contributed by atoms with Crippen molar-refractivity contribution in [2.24, 2.45) is 5.73 Å². The Balaban J connectivity index is 2.34. The molecule has 0 aromatic rings. The molecule has 0 aromatic carbocycles. The first-order valence-electron chi connectivity index (χ1n) is 6.09. The van der Waals surface area contributed by atoms with Gasteiger partial charge in [-0.25, -0.2) is 0 Å². The van der Waals surface area contributed by atoms with E-state index in [0.717, 1.165) is 12.8 Å². The number of carbonyl (C=O) groups excluding carboxylic acids is 1. The molecule has 0 aliphatic heterocycles. The number of amides is 1. The van der Waals surface area contributed by atoms with E-state index >= 15 is 0 Å². The summed E-state index contributed by atoms with van der Waals surface area (Å²) in [5.41, 5.74) is 5.32. The third-order valence-corrected chi connectivity index (χ3v) is 3.04. The first-order valence-corrected chi connectivity index (χ1v) is 6.09. The van der Waals surface area contributed by atoms with Crippen LogP contribution in [-0.4, -0.2) is 54.7 Å². The summed E-state index contributed by atoms with van der Waals surface area (Å²) >= 11 is 0. The van der Waals surface area contributed by atoms with Crippen molar-refractivity contribution in [3.8, 4) is 0 Å². The SMILES string of the molecule is NCCNC(=O)CN(CCO)C1CCCC1. The summed E-state index contributed by atoms with van der Waals surface area (Å²) in [4.78, 5) is 13.6. The molecule has 5 nitrogen and oxygen atoms in total. The third-order valence-electron chi connectivity index (χ3n) is 3.04. The molecule has 0 bridgehead atoms. The topological polar surface area (TPSA) is 78.6 Å². The molecule has 1 fully saturated rings. The minimum absolute atomic E-state index is 0.00537. The van der Waals surface area contributed by atoms with E-state index in [1.165, 1.54) is 12.8 Å². The van der Waals surface area contributed by atoms with Crippen molar-refractivity contribution < 1.29 is 9.90 Å². The Morgan fingerprint density at radius 3 is 2.69 bits per heavy atom. The summed E-state index contributed by atoms with van der Waals surface area (Å²) in [5, 5.41) is 11.8. The molecular formula is C11H23N3O2. The molecule has 0 saturated heterocycles. The summed E-state index contributed by atoms with van der Waals surface area (Å²) in [5.74, 6) is 0.00537.